The van der Waals surface area contributed by atoms with E-state index in [0.717, 1.165) is 25.1 Å². The standard InChI is InChI=1S/C22H27NO2S/c1-4-8-20(23-16-18-11-13-21(25-3)14-12-18)15-22(26-17(2)24)19-9-6-5-7-10-19/h4-7,9-14,20,22-23H,1,8,15-16H2,2-3H3. The topological polar surface area (TPSA) is 38.3 Å². The molecule has 138 valence electrons. The number of benzene rings is 2. The molecule has 0 saturated carbocycles. The maximum Gasteiger partial charge on any atom is 0.186 e. The fraction of sp³-hybridized carbons (Fsp3) is 0.318. The molecule has 0 spiro atoms. The number of rotatable bonds is 10. The zero-order valence-corrected chi connectivity index (χ0v) is 16.3. The van der Waals surface area contributed by atoms with E-state index in [9.17, 15) is 4.79 Å². The van der Waals surface area contributed by atoms with Crippen molar-refractivity contribution in [2.24, 2.45) is 0 Å². The van der Waals surface area contributed by atoms with Crippen molar-refractivity contribution in [2.75, 3.05) is 7.11 Å². The molecule has 3 nitrogen and oxygen atoms in total. The molecular formula is C22H27NO2S. The van der Waals surface area contributed by atoms with Crippen molar-refractivity contribution in [1.29, 1.82) is 0 Å². The molecule has 2 unspecified atom stereocenters. The Morgan fingerprint density at radius 1 is 1.19 bits per heavy atom. The van der Waals surface area contributed by atoms with Crippen LogP contribution in [0.2, 0.25) is 0 Å². The summed E-state index contributed by atoms with van der Waals surface area (Å²) in [5.41, 5.74) is 2.39. The first-order valence-corrected chi connectivity index (χ1v) is 9.69. The Labute approximate surface area is 160 Å². The van der Waals surface area contributed by atoms with E-state index in [1.165, 1.54) is 22.9 Å². The third-order valence-electron chi connectivity index (χ3n) is 4.18. The first kappa shape index (κ1) is 20.3. The lowest BCUT2D eigenvalue weighted by Crippen LogP contribution is -2.29. The second-order valence-electron chi connectivity index (χ2n) is 6.19. The Morgan fingerprint density at radius 2 is 1.88 bits per heavy atom. The van der Waals surface area contributed by atoms with Crippen molar-refractivity contribution in [1.82, 2.24) is 5.32 Å². The first-order chi connectivity index (χ1) is 12.6. The Kier molecular flexibility index (Phi) is 8.45. The highest BCUT2D eigenvalue weighted by Crippen LogP contribution is 2.34. The molecule has 4 heteroatoms. The number of hydrogen-bond acceptors (Lipinski definition) is 4. The lowest BCUT2D eigenvalue weighted by Gasteiger charge is -2.23. The van der Waals surface area contributed by atoms with Crippen LogP contribution in [0, 0.1) is 0 Å². The number of thioether (sulfide) groups is 1. The van der Waals surface area contributed by atoms with E-state index in [4.69, 9.17) is 4.74 Å². The molecule has 0 fully saturated rings. The lowest BCUT2D eigenvalue weighted by atomic mass is 10.0. The summed E-state index contributed by atoms with van der Waals surface area (Å²) in [5.74, 6) is 0.860. The highest BCUT2D eigenvalue weighted by Gasteiger charge is 2.19. The summed E-state index contributed by atoms with van der Waals surface area (Å²) in [4.78, 5) is 11.7. The van der Waals surface area contributed by atoms with E-state index in [1.807, 2.05) is 36.4 Å². The van der Waals surface area contributed by atoms with E-state index in [2.05, 4.69) is 36.2 Å². The van der Waals surface area contributed by atoms with Gasteiger partial charge in [0, 0.05) is 24.8 Å². The molecule has 0 bridgehead atoms. The van der Waals surface area contributed by atoms with Crippen LogP contribution in [0.25, 0.3) is 0 Å². The first-order valence-electron chi connectivity index (χ1n) is 8.81. The summed E-state index contributed by atoms with van der Waals surface area (Å²) in [7, 11) is 1.67. The van der Waals surface area contributed by atoms with Gasteiger partial charge in [0.2, 0.25) is 0 Å². The van der Waals surface area contributed by atoms with Crippen LogP contribution >= 0.6 is 11.8 Å². The Balaban J connectivity index is 2.03. The van der Waals surface area contributed by atoms with Gasteiger partial charge in [0.15, 0.2) is 5.12 Å². The third-order valence-corrected chi connectivity index (χ3v) is 5.26. The number of carbonyl (C=O) groups excluding carboxylic acids is 1. The predicted octanol–water partition coefficient (Wildman–Crippen LogP) is 5.14. The number of hydrogen-bond donors (Lipinski definition) is 1. The quantitative estimate of drug-likeness (QED) is 0.589. The summed E-state index contributed by atoms with van der Waals surface area (Å²) in [6.07, 6.45) is 3.67. The molecule has 0 aliphatic carbocycles. The molecule has 2 aromatic rings. The van der Waals surface area contributed by atoms with Gasteiger partial charge in [-0.25, -0.2) is 0 Å². The molecule has 0 aliphatic rings. The number of nitrogens with one attached hydrogen (secondary N) is 1. The zero-order valence-electron chi connectivity index (χ0n) is 15.5. The molecular weight excluding hydrogens is 342 g/mol. The minimum absolute atomic E-state index is 0.141. The normalized spacial score (nSPS) is 13.0. The predicted molar refractivity (Wildman–Crippen MR) is 111 cm³/mol. The number of methoxy groups -OCH3 is 1. The van der Waals surface area contributed by atoms with Gasteiger partial charge in [-0.05, 0) is 36.1 Å². The lowest BCUT2D eigenvalue weighted by molar-refractivity contribution is -0.109. The second-order valence-corrected chi connectivity index (χ2v) is 7.57. The van der Waals surface area contributed by atoms with E-state index >= 15 is 0 Å². The summed E-state index contributed by atoms with van der Waals surface area (Å²) in [6.45, 7) is 6.29. The van der Waals surface area contributed by atoms with Crippen molar-refractivity contribution in [3.8, 4) is 5.75 Å². The minimum atomic E-state index is 0.141. The Morgan fingerprint density at radius 3 is 2.46 bits per heavy atom. The number of ether oxygens (including phenoxy) is 1. The van der Waals surface area contributed by atoms with Crippen molar-refractivity contribution in [2.45, 2.75) is 37.6 Å². The average molecular weight is 370 g/mol. The smallest absolute Gasteiger partial charge is 0.186 e. The van der Waals surface area contributed by atoms with E-state index in [0.29, 0.717) is 0 Å². The molecule has 26 heavy (non-hydrogen) atoms. The SMILES string of the molecule is C=CCC(CC(SC(C)=O)c1ccccc1)NCc1ccc(OC)cc1. The van der Waals surface area contributed by atoms with Gasteiger partial charge in [0.05, 0.1) is 7.11 Å². The third kappa shape index (κ3) is 6.70. The van der Waals surface area contributed by atoms with E-state index in [-0.39, 0.29) is 16.4 Å². The van der Waals surface area contributed by atoms with Crippen molar-refractivity contribution in [3.05, 3.63) is 78.4 Å². The molecule has 1 N–H and O–H groups in total. The zero-order chi connectivity index (χ0) is 18.8. The number of carbonyl (C=O) groups is 1. The van der Waals surface area contributed by atoms with Gasteiger partial charge < -0.3 is 10.1 Å². The monoisotopic (exact) mass is 369 g/mol. The summed E-state index contributed by atoms with van der Waals surface area (Å²) >= 11 is 1.40. The van der Waals surface area contributed by atoms with Gasteiger partial charge >= 0.3 is 0 Å². The molecule has 2 aromatic carbocycles. The molecule has 2 atom stereocenters. The van der Waals surface area contributed by atoms with Crippen molar-refractivity contribution < 1.29 is 9.53 Å². The van der Waals surface area contributed by atoms with Crippen molar-refractivity contribution >= 4 is 16.9 Å². The maximum absolute atomic E-state index is 11.7. The Bertz CT molecular complexity index is 685. The summed E-state index contributed by atoms with van der Waals surface area (Å²) in [5, 5.41) is 3.90. The highest BCUT2D eigenvalue weighted by atomic mass is 32.2. The van der Waals surface area contributed by atoms with Crippen LogP contribution in [-0.4, -0.2) is 18.3 Å². The van der Waals surface area contributed by atoms with Crippen LogP contribution in [0.5, 0.6) is 5.75 Å². The van der Waals surface area contributed by atoms with Crippen LogP contribution < -0.4 is 10.1 Å². The van der Waals surface area contributed by atoms with E-state index < -0.39 is 0 Å². The van der Waals surface area contributed by atoms with Crippen LogP contribution in [-0.2, 0) is 11.3 Å². The van der Waals surface area contributed by atoms with Crippen molar-refractivity contribution in [3.63, 3.8) is 0 Å². The summed E-state index contributed by atoms with van der Waals surface area (Å²) < 4.78 is 5.20. The molecule has 0 heterocycles. The molecule has 0 radical (unpaired) electrons. The minimum Gasteiger partial charge on any atom is -0.497 e. The fourth-order valence-corrected chi connectivity index (χ4v) is 3.87. The largest absolute Gasteiger partial charge is 0.497 e. The van der Waals surface area contributed by atoms with Gasteiger partial charge in [0.25, 0.3) is 0 Å². The van der Waals surface area contributed by atoms with Gasteiger partial charge in [-0.1, -0.05) is 60.3 Å². The highest BCUT2D eigenvalue weighted by molar-refractivity contribution is 8.13. The van der Waals surface area contributed by atoms with Crippen LogP contribution in [0.3, 0.4) is 0 Å². The molecule has 0 saturated heterocycles. The average Bonchev–Trinajstić information content (AvgIpc) is 2.66. The summed E-state index contributed by atoms with van der Waals surface area (Å²) in [6, 6.07) is 18.6. The van der Waals surface area contributed by atoms with Crippen LogP contribution in [0.1, 0.15) is 36.1 Å². The molecule has 2 rings (SSSR count). The molecule has 0 aromatic heterocycles. The van der Waals surface area contributed by atoms with Crippen LogP contribution in [0.4, 0.5) is 0 Å². The fourth-order valence-electron chi connectivity index (χ4n) is 2.85. The van der Waals surface area contributed by atoms with Gasteiger partial charge in [-0.2, -0.15) is 0 Å². The van der Waals surface area contributed by atoms with Crippen LogP contribution in [0.15, 0.2) is 67.3 Å². The Hall–Kier alpha value is -2.04. The maximum atomic E-state index is 11.7. The van der Waals surface area contributed by atoms with Gasteiger partial charge in [-0.15, -0.1) is 6.58 Å². The van der Waals surface area contributed by atoms with E-state index in [1.54, 1.807) is 14.0 Å². The van der Waals surface area contributed by atoms with Gasteiger partial charge in [-0.3, -0.25) is 4.79 Å². The molecule has 0 amide bonds. The second kappa shape index (κ2) is 10.8. The molecule has 0 aliphatic heterocycles. The van der Waals surface area contributed by atoms with Gasteiger partial charge in [0.1, 0.15) is 5.75 Å².